The number of likely N-dealkylation sites (N-methyl/N-ethyl adjacent to an activating group) is 1. The minimum atomic E-state index is 0.744. The van der Waals surface area contributed by atoms with Gasteiger partial charge in [0.15, 0.2) is 5.96 Å². The van der Waals surface area contributed by atoms with Crippen LogP contribution < -0.4 is 10.2 Å². The Morgan fingerprint density at radius 1 is 1.25 bits per heavy atom. The Bertz CT molecular complexity index is 638. The van der Waals surface area contributed by atoms with Gasteiger partial charge in [0.1, 0.15) is 0 Å². The van der Waals surface area contributed by atoms with E-state index in [2.05, 4.69) is 70.8 Å². The van der Waals surface area contributed by atoms with Crippen LogP contribution in [0.4, 0.5) is 5.69 Å². The molecule has 0 unspecified atom stereocenters. The van der Waals surface area contributed by atoms with Crippen molar-refractivity contribution in [2.75, 3.05) is 38.6 Å². The lowest BCUT2D eigenvalue weighted by Crippen LogP contribution is -2.39. The highest BCUT2D eigenvalue weighted by atomic mass is 32.1. The predicted octanol–water partition coefficient (Wildman–Crippen LogP) is 2.99. The molecule has 5 nitrogen and oxygen atoms in total. The molecule has 0 atom stereocenters. The fourth-order valence-electron chi connectivity index (χ4n) is 2.39. The lowest BCUT2D eigenvalue weighted by molar-refractivity contribution is 0.471. The molecule has 1 aromatic carbocycles. The average molecular weight is 346 g/mol. The van der Waals surface area contributed by atoms with Crippen LogP contribution in [0.15, 0.2) is 40.7 Å². The van der Waals surface area contributed by atoms with Crippen LogP contribution >= 0.6 is 11.3 Å². The summed E-state index contributed by atoms with van der Waals surface area (Å²) in [4.78, 5) is 13.6. The molecule has 2 aromatic rings. The van der Waals surface area contributed by atoms with E-state index >= 15 is 0 Å². The van der Waals surface area contributed by atoms with E-state index in [0.717, 1.165) is 42.8 Å². The summed E-state index contributed by atoms with van der Waals surface area (Å²) >= 11 is 1.69. The van der Waals surface area contributed by atoms with Crippen molar-refractivity contribution in [3.63, 3.8) is 0 Å². The fourth-order valence-corrected chi connectivity index (χ4v) is 2.99. The van der Waals surface area contributed by atoms with Gasteiger partial charge in [-0.2, -0.15) is 0 Å². The number of thiazole rings is 1. The zero-order valence-electron chi connectivity index (χ0n) is 15.0. The van der Waals surface area contributed by atoms with Gasteiger partial charge >= 0.3 is 0 Å². The number of guanidine groups is 1. The number of hydrogen-bond donors (Lipinski definition) is 1. The van der Waals surface area contributed by atoms with E-state index in [1.165, 1.54) is 5.69 Å². The van der Waals surface area contributed by atoms with E-state index in [4.69, 9.17) is 4.99 Å². The van der Waals surface area contributed by atoms with Crippen LogP contribution in [0.5, 0.6) is 0 Å². The average Bonchev–Trinajstić information content (AvgIpc) is 2.99. The first-order valence-electron chi connectivity index (χ1n) is 8.26. The largest absolute Gasteiger partial charge is 0.373 e. The second-order valence-corrected chi connectivity index (χ2v) is 6.77. The van der Waals surface area contributed by atoms with Crippen molar-refractivity contribution >= 4 is 23.0 Å². The molecule has 0 amide bonds. The number of aromatic nitrogens is 1. The normalized spacial score (nSPS) is 11.4. The molecule has 0 bridgehead atoms. The number of nitrogens with zero attached hydrogens (tertiary/aromatic N) is 4. The predicted molar refractivity (Wildman–Crippen MR) is 104 cm³/mol. The van der Waals surface area contributed by atoms with Crippen molar-refractivity contribution in [1.29, 1.82) is 0 Å². The van der Waals surface area contributed by atoms with E-state index in [-0.39, 0.29) is 0 Å². The molecular weight excluding hydrogens is 318 g/mol. The number of para-hydroxylation sites is 1. The van der Waals surface area contributed by atoms with Crippen molar-refractivity contribution in [1.82, 2.24) is 15.2 Å². The molecule has 6 heteroatoms. The molecule has 1 N–H and O–H groups in total. The van der Waals surface area contributed by atoms with Crippen LogP contribution in [0.25, 0.3) is 0 Å². The minimum absolute atomic E-state index is 0.744. The lowest BCUT2D eigenvalue weighted by Gasteiger charge is -2.22. The van der Waals surface area contributed by atoms with Gasteiger partial charge in [-0.05, 0) is 26.0 Å². The smallest absolute Gasteiger partial charge is 0.194 e. The third kappa shape index (κ3) is 5.53. The van der Waals surface area contributed by atoms with E-state index in [1.54, 1.807) is 11.3 Å². The first-order valence-corrected chi connectivity index (χ1v) is 9.14. The summed E-state index contributed by atoms with van der Waals surface area (Å²) in [5.41, 5.74) is 2.30. The van der Waals surface area contributed by atoms with E-state index in [1.807, 2.05) is 13.0 Å². The summed E-state index contributed by atoms with van der Waals surface area (Å²) in [6, 6.07) is 10.4. The van der Waals surface area contributed by atoms with E-state index < -0.39 is 0 Å². The fraction of sp³-hybridized carbons (Fsp3) is 0.444. The van der Waals surface area contributed by atoms with Crippen molar-refractivity contribution in [3.8, 4) is 0 Å². The van der Waals surface area contributed by atoms with Crippen LogP contribution in [-0.2, 0) is 6.54 Å². The van der Waals surface area contributed by atoms with Crippen LogP contribution in [0, 0.1) is 6.92 Å². The maximum absolute atomic E-state index is 4.75. The number of anilines is 1. The number of rotatable bonds is 7. The molecule has 0 saturated carbocycles. The van der Waals surface area contributed by atoms with Gasteiger partial charge in [0, 0.05) is 38.3 Å². The Labute approximate surface area is 149 Å². The number of nitrogens with one attached hydrogen (secondary N) is 1. The van der Waals surface area contributed by atoms with Crippen molar-refractivity contribution in [2.24, 2.45) is 4.99 Å². The summed E-state index contributed by atoms with van der Waals surface area (Å²) in [5.74, 6) is 0.921. The summed E-state index contributed by atoms with van der Waals surface area (Å²) in [6.45, 7) is 7.37. The lowest BCUT2D eigenvalue weighted by atomic mass is 10.3. The highest BCUT2D eigenvalue weighted by Gasteiger charge is 2.08. The molecule has 0 spiro atoms. The van der Waals surface area contributed by atoms with E-state index in [0.29, 0.717) is 0 Å². The van der Waals surface area contributed by atoms with E-state index in [9.17, 15) is 0 Å². The van der Waals surface area contributed by atoms with Gasteiger partial charge in [-0.15, -0.1) is 11.3 Å². The Morgan fingerprint density at radius 2 is 2.00 bits per heavy atom. The van der Waals surface area contributed by atoms with Crippen molar-refractivity contribution < 1.29 is 0 Å². The first-order chi connectivity index (χ1) is 11.6. The number of aliphatic imine (C=N–C) groups is 1. The van der Waals surface area contributed by atoms with Gasteiger partial charge in [0.05, 0.1) is 23.8 Å². The van der Waals surface area contributed by atoms with Crippen LogP contribution in [0.1, 0.15) is 17.6 Å². The van der Waals surface area contributed by atoms with Gasteiger partial charge in [-0.3, -0.25) is 4.99 Å². The SMILES string of the molecule is CCNC(=NCCN(C)c1ccccc1)N(C)Cc1csc(C)n1. The minimum Gasteiger partial charge on any atom is -0.373 e. The molecule has 0 aliphatic heterocycles. The standard InChI is InChI=1S/C18H27N5S/c1-5-19-18(23(4)13-16-14-24-15(2)21-16)20-11-12-22(3)17-9-7-6-8-10-17/h6-10,14H,5,11-13H2,1-4H3,(H,19,20). The maximum atomic E-state index is 4.75. The number of hydrogen-bond acceptors (Lipinski definition) is 4. The first kappa shape index (κ1) is 18.3. The zero-order chi connectivity index (χ0) is 17.4. The highest BCUT2D eigenvalue weighted by Crippen LogP contribution is 2.11. The molecule has 0 fully saturated rings. The summed E-state index contributed by atoms with van der Waals surface area (Å²) in [6.07, 6.45) is 0. The Kier molecular flexibility index (Phi) is 7.06. The molecule has 24 heavy (non-hydrogen) atoms. The van der Waals surface area contributed by atoms with Gasteiger partial charge in [0.2, 0.25) is 0 Å². The van der Waals surface area contributed by atoms with Crippen LogP contribution in [0.3, 0.4) is 0 Å². The molecule has 0 aliphatic rings. The van der Waals surface area contributed by atoms with Gasteiger partial charge < -0.3 is 15.1 Å². The molecule has 1 heterocycles. The topological polar surface area (TPSA) is 43.8 Å². The Hall–Kier alpha value is -2.08. The summed E-state index contributed by atoms with van der Waals surface area (Å²) < 4.78 is 0. The molecule has 0 radical (unpaired) electrons. The number of benzene rings is 1. The molecule has 130 valence electrons. The van der Waals surface area contributed by atoms with Crippen molar-refractivity contribution in [2.45, 2.75) is 20.4 Å². The third-order valence-corrected chi connectivity index (χ3v) is 4.48. The zero-order valence-corrected chi connectivity index (χ0v) is 15.8. The molecule has 1 aromatic heterocycles. The second-order valence-electron chi connectivity index (χ2n) is 5.71. The molecule has 0 aliphatic carbocycles. The van der Waals surface area contributed by atoms with Crippen LogP contribution in [-0.4, -0.2) is 49.6 Å². The Balaban J connectivity index is 1.92. The van der Waals surface area contributed by atoms with Crippen LogP contribution in [0.2, 0.25) is 0 Å². The monoisotopic (exact) mass is 345 g/mol. The summed E-state index contributed by atoms with van der Waals surface area (Å²) in [5, 5.41) is 6.57. The molecule has 2 rings (SSSR count). The van der Waals surface area contributed by atoms with Gasteiger partial charge in [-0.1, -0.05) is 18.2 Å². The third-order valence-electron chi connectivity index (χ3n) is 3.66. The maximum Gasteiger partial charge on any atom is 0.194 e. The molecular formula is C18H27N5S. The quantitative estimate of drug-likeness (QED) is 0.619. The highest BCUT2D eigenvalue weighted by molar-refractivity contribution is 7.09. The van der Waals surface area contributed by atoms with Crippen molar-refractivity contribution in [3.05, 3.63) is 46.4 Å². The molecule has 0 saturated heterocycles. The second kappa shape index (κ2) is 9.27. The number of aryl methyl sites for hydroxylation is 1. The Morgan fingerprint density at radius 3 is 2.62 bits per heavy atom. The van der Waals surface area contributed by atoms with Gasteiger partial charge in [0.25, 0.3) is 0 Å². The van der Waals surface area contributed by atoms with Gasteiger partial charge in [-0.25, -0.2) is 4.98 Å². The summed E-state index contributed by atoms with van der Waals surface area (Å²) in [7, 11) is 4.15.